The number of rotatable bonds is 7. The number of alkyl halides is 3. The SMILES string of the molecule is CCCc1cc2c(N3CCn4c(nnc4C(F)(F)F)C3)nc(N3CC[C@H](N(CCO)C(=O)OC(C)(C)C)C3)nc2s1. The third-order valence-electron chi connectivity index (χ3n) is 7.07. The average Bonchev–Trinajstić information content (AvgIpc) is 3.62. The Hall–Kier alpha value is -3.20. The van der Waals surface area contributed by atoms with Gasteiger partial charge in [0.05, 0.1) is 24.6 Å². The van der Waals surface area contributed by atoms with Crippen molar-refractivity contribution < 1.29 is 27.8 Å². The fraction of sp³-hybridized carbons (Fsp3) is 0.654. The van der Waals surface area contributed by atoms with Gasteiger partial charge < -0.3 is 29.1 Å². The van der Waals surface area contributed by atoms with Crippen LogP contribution in [0.4, 0.5) is 29.7 Å². The Kier molecular flexibility index (Phi) is 8.03. The van der Waals surface area contributed by atoms with Crippen LogP contribution in [0, 0.1) is 0 Å². The van der Waals surface area contributed by atoms with E-state index in [1.165, 1.54) is 0 Å². The van der Waals surface area contributed by atoms with Crippen LogP contribution in [0.25, 0.3) is 10.2 Å². The largest absolute Gasteiger partial charge is 0.451 e. The summed E-state index contributed by atoms with van der Waals surface area (Å²) in [6.07, 6.45) is -2.55. The summed E-state index contributed by atoms with van der Waals surface area (Å²) in [6, 6.07) is 1.87. The molecule has 41 heavy (non-hydrogen) atoms. The molecule has 0 saturated carbocycles. The van der Waals surface area contributed by atoms with Gasteiger partial charge in [0.15, 0.2) is 5.82 Å². The Bertz CT molecular complexity index is 1400. The fourth-order valence-electron chi connectivity index (χ4n) is 5.27. The second-order valence-electron chi connectivity index (χ2n) is 11.3. The highest BCUT2D eigenvalue weighted by Crippen LogP contribution is 2.37. The van der Waals surface area contributed by atoms with E-state index < -0.39 is 23.7 Å². The number of amides is 1. The second kappa shape index (κ2) is 11.2. The second-order valence-corrected chi connectivity index (χ2v) is 12.4. The molecular weight excluding hydrogens is 561 g/mol. The molecule has 1 amide bonds. The van der Waals surface area contributed by atoms with Crippen LogP contribution in [0.1, 0.15) is 57.1 Å². The molecule has 1 atom stereocenters. The maximum Gasteiger partial charge on any atom is 0.451 e. The lowest BCUT2D eigenvalue weighted by atomic mass is 10.2. The number of halogens is 3. The van der Waals surface area contributed by atoms with E-state index in [0.717, 1.165) is 32.5 Å². The number of anilines is 2. The molecule has 0 aromatic carbocycles. The molecule has 1 saturated heterocycles. The molecule has 2 aliphatic heterocycles. The average molecular weight is 597 g/mol. The third kappa shape index (κ3) is 6.20. The van der Waals surface area contributed by atoms with Gasteiger partial charge in [-0.05, 0) is 39.7 Å². The van der Waals surface area contributed by atoms with Crippen molar-refractivity contribution in [2.24, 2.45) is 0 Å². The zero-order valence-electron chi connectivity index (χ0n) is 23.6. The zero-order valence-corrected chi connectivity index (χ0v) is 24.4. The minimum absolute atomic E-state index is 0.0851. The van der Waals surface area contributed by atoms with Gasteiger partial charge in [-0.3, -0.25) is 0 Å². The van der Waals surface area contributed by atoms with Gasteiger partial charge >= 0.3 is 12.3 Å². The summed E-state index contributed by atoms with van der Waals surface area (Å²) in [6.45, 7) is 9.05. The van der Waals surface area contributed by atoms with E-state index in [2.05, 4.69) is 23.2 Å². The van der Waals surface area contributed by atoms with Crippen molar-refractivity contribution in [3.8, 4) is 0 Å². The van der Waals surface area contributed by atoms with Gasteiger partial charge in [0.25, 0.3) is 0 Å². The fourth-order valence-corrected chi connectivity index (χ4v) is 6.39. The van der Waals surface area contributed by atoms with Crippen LogP contribution in [-0.2, 0) is 30.4 Å². The van der Waals surface area contributed by atoms with Gasteiger partial charge in [0, 0.05) is 37.6 Å². The van der Waals surface area contributed by atoms with E-state index in [9.17, 15) is 23.1 Å². The highest BCUT2D eigenvalue weighted by atomic mass is 32.1. The predicted octanol–water partition coefficient (Wildman–Crippen LogP) is 4.08. The van der Waals surface area contributed by atoms with Gasteiger partial charge in [0.1, 0.15) is 16.2 Å². The molecule has 3 aromatic rings. The number of fused-ring (bicyclic) bond motifs is 2. The van der Waals surface area contributed by atoms with Crippen LogP contribution < -0.4 is 9.80 Å². The Morgan fingerprint density at radius 1 is 1.17 bits per heavy atom. The lowest BCUT2D eigenvalue weighted by Gasteiger charge is -2.31. The quantitative estimate of drug-likeness (QED) is 0.431. The first kappa shape index (κ1) is 29.3. The van der Waals surface area contributed by atoms with Crippen LogP contribution >= 0.6 is 11.3 Å². The molecular formula is C26H35F3N8O3S. The maximum absolute atomic E-state index is 13.4. The highest BCUT2D eigenvalue weighted by Gasteiger charge is 2.40. The smallest absolute Gasteiger partial charge is 0.444 e. The molecule has 0 spiro atoms. The van der Waals surface area contributed by atoms with Crippen LogP contribution in [-0.4, -0.2) is 85.3 Å². The molecule has 0 unspecified atom stereocenters. The molecule has 11 nitrogen and oxygen atoms in total. The summed E-state index contributed by atoms with van der Waals surface area (Å²) in [4.78, 5) is 30.2. The van der Waals surface area contributed by atoms with Crippen molar-refractivity contribution in [1.82, 2.24) is 29.6 Å². The molecule has 1 fully saturated rings. The first-order valence-electron chi connectivity index (χ1n) is 13.8. The van der Waals surface area contributed by atoms with Gasteiger partial charge in [-0.1, -0.05) is 13.3 Å². The summed E-state index contributed by atoms with van der Waals surface area (Å²) in [5.74, 6) is 0.395. The maximum atomic E-state index is 13.4. The van der Waals surface area contributed by atoms with E-state index in [-0.39, 0.29) is 38.1 Å². The van der Waals surface area contributed by atoms with Gasteiger partial charge in [-0.2, -0.15) is 18.2 Å². The lowest BCUT2D eigenvalue weighted by molar-refractivity contribution is -0.147. The minimum Gasteiger partial charge on any atom is -0.444 e. The number of ether oxygens (including phenoxy) is 1. The number of hydrogen-bond donors (Lipinski definition) is 1. The highest BCUT2D eigenvalue weighted by molar-refractivity contribution is 7.18. The predicted molar refractivity (Wildman–Crippen MR) is 148 cm³/mol. The van der Waals surface area contributed by atoms with E-state index in [4.69, 9.17) is 14.7 Å². The number of hydrogen-bond acceptors (Lipinski definition) is 10. The van der Waals surface area contributed by atoms with Crippen molar-refractivity contribution in [3.05, 3.63) is 22.6 Å². The van der Waals surface area contributed by atoms with Crippen molar-refractivity contribution >= 4 is 39.4 Å². The van der Waals surface area contributed by atoms with E-state index in [1.54, 1.807) is 37.0 Å². The number of aromatic nitrogens is 5. The molecule has 5 heterocycles. The number of nitrogens with zero attached hydrogens (tertiary/aromatic N) is 8. The van der Waals surface area contributed by atoms with Gasteiger partial charge in [-0.15, -0.1) is 21.5 Å². The number of carbonyl (C=O) groups excluding carboxylic acids is 1. The molecule has 2 aliphatic rings. The topological polar surface area (TPSA) is 113 Å². The number of aryl methyl sites for hydroxylation is 1. The zero-order chi connectivity index (χ0) is 29.5. The molecule has 3 aromatic heterocycles. The molecule has 5 rings (SSSR count). The number of aliphatic hydroxyl groups is 1. The van der Waals surface area contributed by atoms with Crippen LogP contribution in [0.15, 0.2) is 6.07 Å². The Morgan fingerprint density at radius 3 is 2.63 bits per heavy atom. The summed E-state index contributed by atoms with van der Waals surface area (Å²) in [5, 5.41) is 17.7. The standard InChI is InChI=1S/C26H35F3N8O3S/c1-5-6-17-13-18-20(34-9-10-37-19(15-34)32-33-22(37)26(27,28)29)30-23(31-21(18)41-17)35-8-7-16(14-35)36(11-12-38)24(39)40-25(2,3)4/h13,16,38H,5-12,14-15H2,1-4H3/t16-/m0/s1. The summed E-state index contributed by atoms with van der Waals surface area (Å²) in [7, 11) is 0. The lowest BCUT2D eigenvalue weighted by Crippen LogP contribution is -2.46. The van der Waals surface area contributed by atoms with Gasteiger partial charge in [0.2, 0.25) is 11.8 Å². The summed E-state index contributed by atoms with van der Waals surface area (Å²) in [5.41, 5.74) is -0.666. The van der Waals surface area contributed by atoms with E-state index >= 15 is 0 Å². The monoisotopic (exact) mass is 596 g/mol. The van der Waals surface area contributed by atoms with Crippen LogP contribution in [0.5, 0.6) is 0 Å². The number of thiophene rings is 1. The van der Waals surface area contributed by atoms with Crippen molar-refractivity contribution in [2.45, 2.75) is 77.9 Å². The van der Waals surface area contributed by atoms with Gasteiger partial charge in [-0.25, -0.2) is 9.78 Å². The molecule has 0 aliphatic carbocycles. The van der Waals surface area contributed by atoms with Crippen molar-refractivity contribution in [3.63, 3.8) is 0 Å². The van der Waals surface area contributed by atoms with Crippen LogP contribution in [0.2, 0.25) is 0 Å². The molecule has 0 radical (unpaired) electrons. The molecule has 0 bridgehead atoms. The summed E-state index contributed by atoms with van der Waals surface area (Å²) >= 11 is 1.59. The Labute approximate surface area is 239 Å². The molecule has 1 N–H and O–H groups in total. The van der Waals surface area contributed by atoms with Crippen LogP contribution in [0.3, 0.4) is 0 Å². The molecule has 224 valence electrons. The normalized spacial score (nSPS) is 17.8. The first-order valence-corrected chi connectivity index (χ1v) is 14.6. The number of aliphatic hydroxyl groups excluding tert-OH is 1. The van der Waals surface area contributed by atoms with Crippen molar-refractivity contribution in [1.29, 1.82) is 0 Å². The van der Waals surface area contributed by atoms with Crippen molar-refractivity contribution in [2.75, 3.05) is 42.6 Å². The Balaban J connectivity index is 1.44. The molecule has 15 heteroatoms. The van der Waals surface area contributed by atoms with E-state index in [0.29, 0.717) is 37.8 Å². The third-order valence-corrected chi connectivity index (χ3v) is 8.16. The first-order chi connectivity index (χ1) is 19.4. The minimum atomic E-state index is -4.57. The summed E-state index contributed by atoms with van der Waals surface area (Å²) < 4.78 is 46.9. The Morgan fingerprint density at radius 2 is 1.95 bits per heavy atom. The number of carbonyl (C=O) groups is 1. The van der Waals surface area contributed by atoms with E-state index in [1.807, 2.05) is 9.80 Å².